The highest BCUT2D eigenvalue weighted by molar-refractivity contribution is 7.13. The lowest BCUT2D eigenvalue weighted by Gasteiger charge is -2.43. The SMILES string of the molecule is CN(C)C(=O)[C@]1(Cc2ccc(-c3cccs3)cc2)CN(C(=O)Cc2cccnc2)CCO1. The zero-order chi connectivity index (χ0) is 22.6. The van der Waals surface area contributed by atoms with Crippen molar-refractivity contribution in [2.45, 2.75) is 18.4 Å². The molecule has 1 fully saturated rings. The fourth-order valence-electron chi connectivity index (χ4n) is 4.07. The molecule has 2 aromatic heterocycles. The van der Waals surface area contributed by atoms with Crippen LogP contribution >= 0.6 is 11.3 Å². The molecule has 3 aromatic rings. The Morgan fingerprint density at radius 1 is 1.12 bits per heavy atom. The molecule has 166 valence electrons. The lowest BCUT2D eigenvalue weighted by atomic mass is 9.90. The Morgan fingerprint density at radius 3 is 2.59 bits per heavy atom. The van der Waals surface area contributed by atoms with E-state index in [0.29, 0.717) is 19.6 Å². The van der Waals surface area contributed by atoms with Gasteiger partial charge in [0, 0.05) is 44.3 Å². The van der Waals surface area contributed by atoms with Crippen LogP contribution in [0, 0.1) is 0 Å². The van der Waals surface area contributed by atoms with Crippen LogP contribution in [0.1, 0.15) is 11.1 Å². The second-order valence-corrected chi connectivity index (χ2v) is 9.19. The van der Waals surface area contributed by atoms with E-state index in [2.05, 4.69) is 28.6 Å². The van der Waals surface area contributed by atoms with E-state index in [0.717, 1.165) is 16.7 Å². The van der Waals surface area contributed by atoms with Crippen LogP contribution in [-0.2, 0) is 27.2 Å². The zero-order valence-corrected chi connectivity index (χ0v) is 19.2. The predicted octanol–water partition coefficient (Wildman–Crippen LogP) is 3.28. The molecule has 3 heterocycles. The maximum Gasteiger partial charge on any atom is 0.256 e. The van der Waals surface area contributed by atoms with Crippen LogP contribution in [0.4, 0.5) is 0 Å². The standard InChI is InChI=1S/C25H27N3O3S/c1-27(2)24(30)25(16-19-7-9-21(10-8-19)22-6-4-14-32-22)18-28(12-13-31-25)23(29)15-20-5-3-11-26-17-20/h3-11,14,17H,12-13,15-16,18H2,1-2H3/t25-/m0/s1. The Labute approximate surface area is 192 Å². The molecule has 2 amide bonds. The number of pyridine rings is 1. The molecule has 1 atom stereocenters. The molecule has 1 aliphatic rings. The third kappa shape index (κ3) is 4.89. The zero-order valence-electron chi connectivity index (χ0n) is 18.4. The highest BCUT2D eigenvalue weighted by atomic mass is 32.1. The van der Waals surface area contributed by atoms with Gasteiger partial charge in [-0.25, -0.2) is 0 Å². The fraction of sp³-hybridized carbons (Fsp3) is 0.320. The molecule has 0 radical (unpaired) electrons. The van der Waals surface area contributed by atoms with E-state index in [9.17, 15) is 9.59 Å². The van der Waals surface area contributed by atoms with Gasteiger partial charge in [-0.3, -0.25) is 14.6 Å². The third-order valence-electron chi connectivity index (χ3n) is 5.66. The summed E-state index contributed by atoms with van der Waals surface area (Å²) in [6.45, 7) is 1.03. The molecule has 32 heavy (non-hydrogen) atoms. The van der Waals surface area contributed by atoms with Crippen LogP contribution in [0.5, 0.6) is 0 Å². The van der Waals surface area contributed by atoms with Crippen molar-refractivity contribution in [1.82, 2.24) is 14.8 Å². The van der Waals surface area contributed by atoms with E-state index >= 15 is 0 Å². The smallest absolute Gasteiger partial charge is 0.256 e. The molecule has 7 heteroatoms. The Kier molecular flexibility index (Phi) is 6.67. The summed E-state index contributed by atoms with van der Waals surface area (Å²) in [6, 6.07) is 16.1. The van der Waals surface area contributed by atoms with E-state index in [1.165, 1.54) is 4.88 Å². The molecule has 1 aromatic carbocycles. The average molecular weight is 450 g/mol. The molecule has 0 spiro atoms. The summed E-state index contributed by atoms with van der Waals surface area (Å²) in [6.07, 6.45) is 4.06. The Morgan fingerprint density at radius 2 is 1.94 bits per heavy atom. The lowest BCUT2D eigenvalue weighted by molar-refractivity contribution is -0.172. The Balaban J connectivity index is 1.54. The molecule has 0 saturated carbocycles. The van der Waals surface area contributed by atoms with Gasteiger partial charge in [-0.05, 0) is 34.2 Å². The number of hydrogen-bond acceptors (Lipinski definition) is 5. The maximum atomic E-state index is 13.3. The summed E-state index contributed by atoms with van der Waals surface area (Å²) in [5.74, 6) is -0.149. The second kappa shape index (κ2) is 9.63. The van der Waals surface area contributed by atoms with Crippen molar-refractivity contribution in [1.29, 1.82) is 0 Å². The van der Waals surface area contributed by atoms with E-state index < -0.39 is 5.60 Å². The molecule has 0 unspecified atom stereocenters. The summed E-state index contributed by atoms with van der Waals surface area (Å²) in [7, 11) is 3.45. The van der Waals surface area contributed by atoms with E-state index in [4.69, 9.17) is 4.74 Å². The van der Waals surface area contributed by atoms with Crippen LogP contribution in [0.2, 0.25) is 0 Å². The van der Waals surface area contributed by atoms with Gasteiger partial charge in [-0.15, -0.1) is 11.3 Å². The van der Waals surface area contributed by atoms with Crippen LogP contribution in [-0.4, -0.2) is 66.0 Å². The number of morpholine rings is 1. The van der Waals surface area contributed by atoms with Crippen molar-refractivity contribution in [2.75, 3.05) is 33.8 Å². The Bertz CT molecular complexity index is 1050. The predicted molar refractivity (Wildman–Crippen MR) is 125 cm³/mol. The number of hydrogen-bond donors (Lipinski definition) is 0. The van der Waals surface area contributed by atoms with Crippen molar-refractivity contribution >= 4 is 23.2 Å². The first-order valence-electron chi connectivity index (χ1n) is 10.6. The summed E-state index contributed by atoms with van der Waals surface area (Å²) in [4.78, 5) is 34.8. The van der Waals surface area contributed by atoms with Gasteiger partial charge < -0.3 is 14.5 Å². The lowest BCUT2D eigenvalue weighted by Crippen LogP contribution is -2.62. The van der Waals surface area contributed by atoms with Crippen molar-refractivity contribution in [3.05, 3.63) is 77.4 Å². The van der Waals surface area contributed by atoms with Crippen LogP contribution in [0.3, 0.4) is 0 Å². The van der Waals surface area contributed by atoms with Gasteiger partial charge in [-0.1, -0.05) is 36.4 Å². The van der Waals surface area contributed by atoms with E-state index in [-0.39, 0.29) is 24.8 Å². The topological polar surface area (TPSA) is 62.7 Å². The molecular weight excluding hydrogens is 422 g/mol. The van der Waals surface area contributed by atoms with E-state index in [1.54, 1.807) is 47.6 Å². The number of nitrogens with zero attached hydrogens (tertiary/aromatic N) is 3. The van der Waals surface area contributed by atoms with Gasteiger partial charge in [0.25, 0.3) is 5.91 Å². The highest BCUT2D eigenvalue weighted by Gasteiger charge is 2.45. The summed E-state index contributed by atoms with van der Waals surface area (Å²) >= 11 is 1.70. The molecule has 1 aliphatic heterocycles. The minimum atomic E-state index is -1.10. The van der Waals surface area contributed by atoms with Gasteiger partial charge in [0.05, 0.1) is 19.6 Å². The van der Waals surface area contributed by atoms with Crippen LogP contribution < -0.4 is 0 Å². The number of likely N-dealkylation sites (N-methyl/N-ethyl adjacent to an activating group) is 1. The van der Waals surface area contributed by atoms with Gasteiger partial charge >= 0.3 is 0 Å². The molecule has 0 aliphatic carbocycles. The molecular formula is C25H27N3O3S. The number of benzene rings is 1. The number of ether oxygens (including phenoxy) is 1. The number of carbonyl (C=O) groups is 2. The van der Waals surface area contributed by atoms with Crippen molar-refractivity contribution in [3.8, 4) is 10.4 Å². The quantitative estimate of drug-likeness (QED) is 0.579. The first kappa shape index (κ1) is 22.2. The minimum Gasteiger partial charge on any atom is -0.361 e. The summed E-state index contributed by atoms with van der Waals surface area (Å²) in [5, 5.41) is 2.06. The highest BCUT2D eigenvalue weighted by Crippen LogP contribution is 2.29. The van der Waals surface area contributed by atoms with E-state index in [1.807, 2.05) is 30.3 Å². The third-order valence-corrected chi connectivity index (χ3v) is 6.58. The molecule has 4 rings (SSSR count). The molecule has 1 saturated heterocycles. The number of thiophene rings is 1. The summed E-state index contributed by atoms with van der Waals surface area (Å²) < 4.78 is 6.13. The van der Waals surface area contributed by atoms with Crippen molar-refractivity contribution in [2.24, 2.45) is 0 Å². The average Bonchev–Trinajstić information content (AvgIpc) is 3.35. The molecule has 0 N–H and O–H groups in total. The molecule has 6 nitrogen and oxygen atoms in total. The minimum absolute atomic E-state index is 0.0229. The number of rotatable bonds is 6. The van der Waals surface area contributed by atoms with Gasteiger partial charge in [0.15, 0.2) is 5.60 Å². The fourth-order valence-corrected chi connectivity index (χ4v) is 4.80. The van der Waals surface area contributed by atoms with Crippen molar-refractivity contribution in [3.63, 3.8) is 0 Å². The largest absolute Gasteiger partial charge is 0.361 e. The summed E-state index contributed by atoms with van der Waals surface area (Å²) in [5.41, 5.74) is 1.91. The monoisotopic (exact) mass is 449 g/mol. The van der Waals surface area contributed by atoms with Crippen LogP contribution in [0.15, 0.2) is 66.3 Å². The molecule has 0 bridgehead atoms. The van der Waals surface area contributed by atoms with Crippen molar-refractivity contribution < 1.29 is 14.3 Å². The first-order valence-corrected chi connectivity index (χ1v) is 11.5. The number of carbonyl (C=O) groups excluding carboxylic acids is 2. The van der Waals surface area contributed by atoms with Gasteiger partial charge in [0.1, 0.15) is 0 Å². The normalized spacial score (nSPS) is 18.4. The maximum absolute atomic E-state index is 13.3. The number of aromatic nitrogens is 1. The Hall–Kier alpha value is -3.03. The number of amides is 2. The first-order chi connectivity index (χ1) is 15.5. The van der Waals surface area contributed by atoms with Gasteiger partial charge in [0.2, 0.25) is 5.91 Å². The second-order valence-electron chi connectivity index (χ2n) is 8.25. The van der Waals surface area contributed by atoms with Crippen LogP contribution in [0.25, 0.3) is 10.4 Å². The van der Waals surface area contributed by atoms with Gasteiger partial charge in [-0.2, -0.15) is 0 Å².